The van der Waals surface area contributed by atoms with E-state index in [0.717, 1.165) is 54.4 Å². The van der Waals surface area contributed by atoms with Gasteiger partial charge in [0.1, 0.15) is 12.0 Å². The minimum absolute atomic E-state index is 0.0507. The summed E-state index contributed by atoms with van der Waals surface area (Å²) in [7, 11) is 0. The summed E-state index contributed by atoms with van der Waals surface area (Å²) in [6.07, 6.45) is 3.25. The van der Waals surface area contributed by atoms with Gasteiger partial charge in [-0.2, -0.15) is 0 Å². The van der Waals surface area contributed by atoms with Gasteiger partial charge in [-0.25, -0.2) is 9.37 Å². The number of nitrogens with one attached hydrogen (secondary N) is 1. The van der Waals surface area contributed by atoms with Crippen LogP contribution in [0.5, 0.6) is 0 Å². The molecule has 0 spiro atoms. The molecule has 5 heterocycles. The Labute approximate surface area is 199 Å². The Morgan fingerprint density at radius 1 is 1.29 bits per heavy atom. The van der Waals surface area contributed by atoms with E-state index >= 15 is 0 Å². The number of nitrogens with zero attached hydrogens (tertiary/aromatic N) is 3. The highest BCUT2D eigenvalue weighted by Crippen LogP contribution is 2.42. The Balaban J connectivity index is 1.36. The highest BCUT2D eigenvalue weighted by Gasteiger charge is 2.42. The van der Waals surface area contributed by atoms with Crippen LogP contribution in [0.4, 0.5) is 27.3 Å². The van der Waals surface area contributed by atoms with Crippen molar-refractivity contribution in [3.8, 4) is 0 Å². The normalized spacial score (nSPS) is 29.9. The number of halogens is 1. The lowest BCUT2D eigenvalue weighted by Crippen LogP contribution is -2.54. The second-order valence-corrected chi connectivity index (χ2v) is 9.78. The quantitative estimate of drug-likeness (QED) is 0.729. The molecule has 1 N–H and O–H groups in total. The Kier molecular flexibility index (Phi) is 5.65. The van der Waals surface area contributed by atoms with E-state index < -0.39 is 18.2 Å². The first-order valence-corrected chi connectivity index (χ1v) is 12.4. The van der Waals surface area contributed by atoms with Crippen molar-refractivity contribution in [2.45, 2.75) is 63.6 Å². The fourth-order valence-corrected chi connectivity index (χ4v) is 5.91. The lowest BCUT2D eigenvalue weighted by molar-refractivity contribution is -0.122. The van der Waals surface area contributed by atoms with E-state index in [0.29, 0.717) is 25.6 Å². The molecule has 1 aromatic carbocycles. The Bertz CT molecular complexity index is 1070. The molecule has 0 radical (unpaired) electrons. The van der Waals surface area contributed by atoms with Gasteiger partial charge >= 0.3 is 0 Å². The average Bonchev–Trinajstić information content (AvgIpc) is 3.15. The SMILES string of the molecule is CCO[C@H]1C[C@@H](C(=O)N2Cc3cccnc3Nc3ccc(N4C[C@H]5CC[C@@H]4CO5)cc32)C[C@@H]1F. The molecule has 1 amide bonds. The monoisotopic (exact) mass is 466 g/mol. The minimum atomic E-state index is -1.11. The maximum absolute atomic E-state index is 14.6. The number of ether oxygens (including phenoxy) is 2. The van der Waals surface area contributed by atoms with Crippen LogP contribution in [0.2, 0.25) is 0 Å². The number of amides is 1. The zero-order valence-corrected chi connectivity index (χ0v) is 19.5. The number of pyridine rings is 1. The van der Waals surface area contributed by atoms with Crippen LogP contribution in [0.15, 0.2) is 36.5 Å². The maximum Gasteiger partial charge on any atom is 0.230 e. The van der Waals surface area contributed by atoms with E-state index in [1.54, 1.807) is 6.20 Å². The summed E-state index contributed by atoms with van der Waals surface area (Å²) >= 11 is 0. The number of carbonyl (C=O) groups is 1. The molecule has 7 rings (SSSR count). The molecule has 2 bridgehead atoms. The molecule has 4 aliphatic heterocycles. The first-order chi connectivity index (χ1) is 16.6. The van der Waals surface area contributed by atoms with E-state index in [1.165, 1.54) is 0 Å². The molecular formula is C26H31FN4O3. The topological polar surface area (TPSA) is 66.9 Å². The van der Waals surface area contributed by atoms with Crippen LogP contribution in [0.3, 0.4) is 0 Å². The first kappa shape index (κ1) is 21.8. The van der Waals surface area contributed by atoms with Crippen molar-refractivity contribution >= 4 is 28.8 Å². The molecule has 3 saturated heterocycles. The van der Waals surface area contributed by atoms with Crippen molar-refractivity contribution in [1.82, 2.24) is 4.98 Å². The fraction of sp³-hybridized carbons (Fsp3) is 0.538. The number of hydrogen-bond donors (Lipinski definition) is 1. The molecule has 4 fully saturated rings. The van der Waals surface area contributed by atoms with Gasteiger partial charge in [-0.3, -0.25) is 4.79 Å². The summed E-state index contributed by atoms with van der Waals surface area (Å²) in [6.45, 7) is 4.33. The van der Waals surface area contributed by atoms with Crippen molar-refractivity contribution in [2.75, 3.05) is 34.9 Å². The molecule has 1 saturated carbocycles. The van der Waals surface area contributed by atoms with Crippen LogP contribution in [0.25, 0.3) is 0 Å². The highest BCUT2D eigenvalue weighted by atomic mass is 19.1. The van der Waals surface area contributed by atoms with E-state index in [2.05, 4.69) is 27.3 Å². The van der Waals surface area contributed by atoms with Crippen LogP contribution in [-0.4, -0.2) is 55.1 Å². The molecule has 8 heteroatoms. The Morgan fingerprint density at radius 3 is 2.97 bits per heavy atom. The average molecular weight is 467 g/mol. The second-order valence-electron chi connectivity index (χ2n) is 9.78. The van der Waals surface area contributed by atoms with Crippen molar-refractivity contribution in [3.63, 3.8) is 0 Å². The number of anilines is 4. The number of fused-ring (bicyclic) bond motifs is 5. The number of piperidine rings is 1. The van der Waals surface area contributed by atoms with Crippen molar-refractivity contribution in [2.24, 2.45) is 5.92 Å². The second kappa shape index (κ2) is 8.82. The summed E-state index contributed by atoms with van der Waals surface area (Å²) in [5.41, 5.74) is 3.69. The third-order valence-electron chi connectivity index (χ3n) is 7.69. The first-order valence-electron chi connectivity index (χ1n) is 12.4. The van der Waals surface area contributed by atoms with Gasteiger partial charge in [-0.1, -0.05) is 6.07 Å². The third-order valence-corrected chi connectivity index (χ3v) is 7.69. The standard InChI is InChI=1S/C26H31FN4O3/c1-2-33-24-11-17(10-21(24)27)26(32)31-13-16-4-3-9-28-25(16)29-22-8-6-18(12-23(22)31)30-14-20-7-5-19(30)15-34-20/h3-4,6,8-9,12,17,19-21,24H,2,5,7,10-11,13-15H2,1H3,(H,28,29)/t17-,19+,20+,21-,24-/m0/s1. The highest BCUT2D eigenvalue weighted by molar-refractivity contribution is 6.00. The smallest absolute Gasteiger partial charge is 0.230 e. The number of carbonyl (C=O) groups excluding carboxylic acids is 1. The van der Waals surface area contributed by atoms with Gasteiger partial charge < -0.3 is 24.6 Å². The van der Waals surface area contributed by atoms with Gasteiger partial charge in [0.2, 0.25) is 5.91 Å². The van der Waals surface area contributed by atoms with Crippen LogP contribution < -0.4 is 15.1 Å². The van der Waals surface area contributed by atoms with Gasteiger partial charge in [0.15, 0.2) is 0 Å². The summed E-state index contributed by atoms with van der Waals surface area (Å²) < 4.78 is 26.1. The largest absolute Gasteiger partial charge is 0.375 e. The predicted octanol–water partition coefficient (Wildman–Crippen LogP) is 4.19. The van der Waals surface area contributed by atoms with Gasteiger partial charge in [0, 0.05) is 36.5 Å². The van der Waals surface area contributed by atoms with Crippen LogP contribution >= 0.6 is 0 Å². The molecular weight excluding hydrogens is 435 g/mol. The summed E-state index contributed by atoms with van der Waals surface area (Å²) in [5.74, 6) is 0.296. The lowest BCUT2D eigenvalue weighted by Gasteiger charge is -2.46. The number of aromatic nitrogens is 1. The molecule has 1 aromatic heterocycles. The number of alkyl halides is 1. The third kappa shape index (κ3) is 3.82. The molecule has 5 atom stereocenters. The summed E-state index contributed by atoms with van der Waals surface area (Å²) in [6, 6.07) is 10.5. The molecule has 1 aliphatic carbocycles. The van der Waals surface area contributed by atoms with E-state index in [9.17, 15) is 9.18 Å². The summed E-state index contributed by atoms with van der Waals surface area (Å²) in [5, 5.41) is 3.43. The van der Waals surface area contributed by atoms with Crippen molar-refractivity contribution in [3.05, 3.63) is 42.1 Å². The van der Waals surface area contributed by atoms with Crippen molar-refractivity contribution < 1.29 is 18.7 Å². The van der Waals surface area contributed by atoms with Crippen molar-refractivity contribution in [1.29, 1.82) is 0 Å². The number of hydrogen-bond acceptors (Lipinski definition) is 6. The zero-order chi connectivity index (χ0) is 23.2. The number of rotatable bonds is 4. The molecule has 180 valence electrons. The molecule has 0 unspecified atom stereocenters. The Morgan fingerprint density at radius 2 is 2.21 bits per heavy atom. The van der Waals surface area contributed by atoms with Gasteiger partial charge in [-0.05, 0) is 56.9 Å². The zero-order valence-electron chi connectivity index (χ0n) is 19.5. The molecule has 34 heavy (non-hydrogen) atoms. The van der Waals surface area contributed by atoms with Crippen LogP contribution in [0, 0.1) is 5.92 Å². The molecule has 5 aliphatic rings. The van der Waals surface area contributed by atoms with Crippen LogP contribution in [0.1, 0.15) is 38.2 Å². The fourth-order valence-electron chi connectivity index (χ4n) is 5.91. The van der Waals surface area contributed by atoms with Gasteiger partial charge in [-0.15, -0.1) is 0 Å². The molecule has 7 nitrogen and oxygen atoms in total. The van der Waals surface area contributed by atoms with E-state index in [-0.39, 0.29) is 18.4 Å². The van der Waals surface area contributed by atoms with Crippen LogP contribution in [-0.2, 0) is 20.8 Å². The number of morpholine rings is 1. The summed E-state index contributed by atoms with van der Waals surface area (Å²) in [4.78, 5) is 22.6. The molecule has 2 aromatic rings. The number of benzene rings is 1. The maximum atomic E-state index is 14.6. The lowest BCUT2D eigenvalue weighted by atomic mass is 9.96. The Hall–Kier alpha value is -2.71. The van der Waals surface area contributed by atoms with E-state index in [4.69, 9.17) is 9.47 Å². The van der Waals surface area contributed by atoms with Gasteiger partial charge in [0.05, 0.1) is 42.8 Å². The van der Waals surface area contributed by atoms with E-state index in [1.807, 2.05) is 30.0 Å². The van der Waals surface area contributed by atoms with Gasteiger partial charge in [0.25, 0.3) is 0 Å². The minimum Gasteiger partial charge on any atom is -0.375 e. The predicted molar refractivity (Wildman–Crippen MR) is 128 cm³/mol.